The fourth-order valence-corrected chi connectivity index (χ4v) is 4.81. The van der Waals surface area contributed by atoms with E-state index < -0.39 is 0 Å². The molecule has 0 unspecified atom stereocenters. The third kappa shape index (κ3) is 6.50. The van der Waals surface area contributed by atoms with Gasteiger partial charge in [-0.15, -0.1) is 0 Å². The molecule has 0 spiro atoms. The molecule has 1 atom stereocenters. The fraction of sp³-hybridized carbons (Fsp3) is 0.481. The summed E-state index contributed by atoms with van der Waals surface area (Å²) in [7, 11) is 0. The zero-order valence-corrected chi connectivity index (χ0v) is 20.1. The molecule has 2 N–H and O–H groups in total. The first-order valence-corrected chi connectivity index (χ1v) is 12.5. The first-order chi connectivity index (χ1) is 16.6. The maximum Gasteiger partial charge on any atom is 0.321 e. The summed E-state index contributed by atoms with van der Waals surface area (Å²) in [6.07, 6.45) is 4.46. The molecule has 0 radical (unpaired) electrons. The third-order valence-electron chi connectivity index (χ3n) is 6.66. The van der Waals surface area contributed by atoms with Crippen molar-refractivity contribution in [2.45, 2.75) is 38.5 Å². The summed E-state index contributed by atoms with van der Waals surface area (Å²) in [4.78, 5) is 29.8. The summed E-state index contributed by atoms with van der Waals surface area (Å²) in [5.74, 6) is 0.984. The van der Waals surface area contributed by atoms with Gasteiger partial charge in [0, 0.05) is 43.3 Å². The van der Waals surface area contributed by atoms with Gasteiger partial charge in [0.1, 0.15) is 5.75 Å². The smallest absolute Gasteiger partial charge is 0.321 e. The summed E-state index contributed by atoms with van der Waals surface area (Å²) < 4.78 is 5.46. The minimum atomic E-state index is -0.0929. The first kappa shape index (κ1) is 24.1. The molecule has 34 heavy (non-hydrogen) atoms. The molecule has 0 aliphatic carbocycles. The summed E-state index contributed by atoms with van der Waals surface area (Å²) in [5, 5.41) is 6.05. The molecule has 182 valence electrons. The number of benzene rings is 2. The van der Waals surface area contributed by atoms with Gasteiger partial charge in [0.05, 0.1) is 6.61 Å². The molecule has 2 fully saturated rings. The Kier molecular flexibility index (Phi) is 8.41. The number of hydrogen-bond donors (Lipinski definition) is 2. The van der Waals surface area contributed by atoms with E-state index in [1.54, 1.807) is 0 Å². The minimum absolute atomic E-state index is 0.0260. The van der Waals surface area contributed by atoms with Crippen LogP contribution >= 0.6 is 0 Å². The van der Waals surface area contributed by atoms with Crippen LogP contribution in [0.5, 0.6) is 5.75 Å². The van der Waals surface area contributed by atoms with Gasteiger partial charge >= 0.3 is 6.03 Å². The first-order valence-electron chi connectivity index (χ1n) is 12.5. The van der Waals surface area contributed by atoms with Crippen molar-refractivity contribution in [3.8, 4) is 5.75 Å². The summed E-state index contributed by atoms with van der Waals surface area (Å²) >= 11 is 0. The molecule has 2 aromatic rings. The van der Waals surface area contributed by atoms with Gasteiger partial charge in [0.15, 0.2) is 0 Å². The normalized spacial score (nSPS) is 18.5. The quantitative estimate of drug-likeness (QED) is 0.610. The van der Waals surface area contributed by atoms with E-state index in [2.05, 4.69) is 21.6 Å². The SMILES string of the molecule is CCOc1ccc(NC(=O)N2CCC[C@@H](c3cccc(C(=O)NCCN4CCCC4)c3)C2)cc1. The zero-order valence-electron chi connectivity index (χ0n) is 20.1. The van der Waals surface area contributed by atoms with E-state index >= 15 is 0 Å². The fourth-order valence-electron chi connectivity index (χ4n) is 4.81. The topological polar surface area (TPSA) is 73.9 Å². The predicted molar refractivity (Wildman–Crippen MR) is 135 cm³/mol. The number of hydrogen-bond acceptors (Lipinski definition) is 4. The monoisotopic (exact) mass is 464 g/mol. The molecule has 7 heteroatoms. The van der Waals surface area contributed by atoms with Gasteiger partial charge in [-0.3, -0.25) is 4.79 Å². The second-order valence-electron chi connectivity index (χ2n) is 9.10. The van der Waals surface area contributed by atoms with Crippen LogP contribution in [0.1, 0.15) is 54.4 Å². The van der Waals surface area contributed by atoms with Crippen molar-refractivity contribution in [1.82, 2.24) is 15.1 Å². The average Bonchev–Trinajstić information content (AvgIpc) is 3.39. The largest absolute Gasteiger partial charge is 0.494 e. The Bertz CT molecular complexity index is 957. The second-order valence-corrected chi connectivity index (χ2v) is 9.10. The van der Waals surface area contributed by atoms with E-state index in [0.717, 1.165) is 56.0 Å². The highest BCUT2D eigenvalue weighted by Gasteiger charge is 2.25. The Morgan fingerprint density at radius 3 is 2.59 bits per heavy atom. The van der Waals surface area contributed by atoms with Crippen molar-refractivity contribution >= 4 is 17.6 Å². The Balaban J connectivity index is 1.31. The summed E-state index contributed by atoms with van der Waals surface area (Å²) in [6.45, 7) is 7.78. The van der Waals surface area contributed by atoms with Crippen LogP contribution in [0.4, 0.5) is 10.5 Å². The highest BCUT2D eigenvalue weighted by molar-refractivity contribution is 5.94. The van der Waals surface area contributed by atoms with E-state index in [4.69, 9.17) is 4.74 Å². The molecule has 2 aliphatic rings. The van der Waals surface area contributed by atoms with Crippen molar-refractivity contribution in [3.05, 3.63) is 59.7 Å². The average molecular weight is 465 g/mol. The van der Waals surface area contributed by atoms with Crippen LogP contribution in [-0.2, 0) is 0 Å². The zero-order chi connectivity index (χ0) is 23.8. The third-order valence-corrected chi connectivity index (χ3v) is 6.66. The maximum atomic E-state index is 12.9. The number of ether oxygens (including phenoxy) is 1. The molecule has 4 rings (SSSR count). The molecule has 0 saturated carbocycles. The van der Waals surface area contributed by atoms with Crippen LogP contribution in [0.2, 0.25) is 0 Å². The Labute approximate surface area is 202 Å². The molecule has 0 bridgehead atoms. The van der Waals surface area contributed by atoms with Gasteiger partial charge in [-0.05, 0) is 87.7 Å². The Morgan fingerprint density at radius 2 is 1.82 bits per heavy atom. The van der Waals surface area contributed by atoms with Crippen molar-refractivity contribution in [2.24, 2.45) is 0 Å². The van der Waals surface area contributed by atoms with E-state index in [1.807, 2.05) is 54.3 Å². The van der Waals surface area contributed by atoms with Gasteiger partial charge in [-0.2, -0.15) is 0 Å². The number of piperidine rings is 1. The minimum Gasteiger partial charge on any atom is -0.494 e. The van der Waals surface area contributed by atoms with Crippen LogP contribution in [0, 0.1) is 0 Å². The van der Waals surface area contributed by atoms with Crippen molar-refractivity contribution < 1.29 is 14.3 Å². The van der Waals surface area contributed by atoms with E-state index in [1.165, 1.54) is 12.8 Å². The van der Waals surface area contributed by atoms with E-state index in [-0.39, 0.29) is 17.9 Å². The lowest BCUT2D eigenvalue weighted by Gasteiger charge is -2.33. The van der Waals surface area contributed by atoms with Gasteiger partial charge in [-0.25, -0.2) is 4.79 Å². The van der Waals surface area contributed by atoms with Crippen LogP contribution in [0.25, 0.3) is 0 Å². The summed E-state index contributed by atoms with van der Waals surface area (Å²) in [6, 6.07) is 15.2. The number of rotatable bonds is 8. The number of likely N-dealkylation sites (tertiary alicyclic amines) is 2. The van der Waals surface area contributed by atoms with Crippen LogP contribution in [0.15, 0.2) is 48.5 Å². The lowest BCUT2D eigenvalue weighted by molar-refractivity contribution is 0.0949. The summed E-state index contributed by atoms with van der Waals surface area (Å²) in [5.41, 5.74) is 2.56. The molecular formula is C27H36N4O3. The number of carbonyl (C=O) groups is 2. The van der Waals surface area contributed by atoms with Crippen molar-refractivity contribution in [2.75, 3.05) is 51.2 Å². The number of urea groups is 1. The molecule has 2 aliphatic heterocycles. The van der Waals surface area contributed by atoms with Gasteiger partial charge in [-0.1, -0.05) is 12.1 Å². The van der Waals surface area contributed by atoms with Crippen molar-refractivity contribution in [3.63, 3.8) is 0 Å². The molecule has 0 aromatic heterocycles. The molecule has 7 nitrogen and oxygen atoms in total. The predicted octanol–water partition coefficient (Wildman–Crippen LogP) is 4.32. The maximum absolute atomic E-state index is 12.9. The van der Waals surface area contributed by atoms with E-state index in [0.29, 0.717) is 25.3 Å². The van der Waals surface area contributed by atoms with Crippen LogP contribution in [-0.4, -0.2) is 67.6 Å². The Hall–Kier alpha value is -3.06. The molecule has 2 saturated heterocycles. The number of nitrogens with zero attached hydrogens (tertiary/aromatic N) is 2. The molecule has 3 amide bonds. The molecule has 2 heterocycles. The lowest BCUT2D eigenvalue weighted by atomic mass is 9.89. The highest BCUT2D eigenvalue weighted by Crippen LogP contribution is 2.28. The van der Waals surface area contributed by atoms with Crippen molar-refractivity contribution in [1.29, 1.82) is 0 Å². The van der Waals surface area contributed by atoms with Crippen LogP contribution < -0.4 is 15.4 Å². The number of nitrogens with one attached hydrogen (secondary N) is 2. The number of anilines is 1. The van der Waals surface area contributed by atoms with Gasteiger partial charge in [0.25, 0.3) is 5.91 Å². The lowest BCUT2D eigenvalue weighted by Crippen LogP contribution is -2.41. The highest BCUT2D eigenvalue weighted by atomic mass is 16.5. The number of carbonyl (C=O) groups excluding carboxylic acids is 2. The van der Waals surface area contributed by atoms with Crippen LogP contribution in [0.3, 0.4) is 0 Å². The van der Waals surface area contributed by atoms with E-state index in [9.17, 15) is 9.59 Å². The Morgan fingerprint density at radius 1 is 1.03 bits per heavy atom. The molecular weight excluding hydrogens is 428 g/mol. The van der Waals surface area contributed by atoms with Gasteiger partial charge in [0.2, 0.25) is 0 Å². The number of amides is 3. The second kappa shape index (κ2) is 11.9. The molecule has 2 aromatic carbocycles. The standard InChI is InChI=1S/C27H36N4O3/c1-2-34-25-12-10-24(11-13-25)29-27(33)31-17-6-9-23(20-31)21-7-5-8-22(19-21)26(32)28-14-18-30-15-3-4-16-30/h5,7-8,10-13,19,23H,2-4,6,9,14-18,20H2,1H3,(H,28,32)(H,29,33)/t23-/m1/s1. The van der Waals surface area contributed by atoms with Gasteiger partial charge < -0.3 is 25.2 Å².